The first kappa shape index (κ1) is 12.5. The van der Waals surface area contributed by atoms with Gasteiger partial charge in [0.15, 0.2) is 0 Å². The largest absolute Gasteiger partial charge is 0.326 e. The molecule has 3 heteroatoms. The number of nitrogens with two attached hydrogens (primary N) is 1. The monoisotopic (exact) mass is 262 g/mol. The molecule has 1 aliphatic carbocycles. The molecule has 0 spiro atoms. The minimum atomic E-state index is 0.321. The zero-order chi connectivity index (χ0) is 12.5. The van der Waals surface area contributed by atoms with Crippen LogP contribution < -0.4 is 5.73 Å². The van der Waals surface area contributed by atoms with E-state index in [-0.39, 0.29) is 0 Å². The number of thioether (sulfide) groups is 1. The zero-order valence-corrected chi connectivity index (χ0v) is 11.8. The molecule has 1 aliphatic heterocycles. The molecule has 3 rings (SSSR count). The molecule has 2 nitrogen and oxygen atoms in total. The van der Waals surface area contributed by atoms with E-state index in [1.807, 2.05) is 0 Å². The lowest BCUT2D eigenvalue weighted by Gasteiger charge is -2.39. The Morgan fingerprint density at radius 2 is 2.28 bits per heavy atom. The lowest BCUT2D eigenvalue weighted by Crippen LogP contribution is -2.51. The summed E-state index contributed by atoms with van der Waals surface area (Å²) in [7, 11) is 2.22. The van der Waals surface area contributed by atoms with Crippen molar-refractivity contribution in [2.45, 2.75) is 30.8 Å². The van der Waals surface area contributed by atoms with Crippen LogP contribution in [0.3, 0.4) is 0 Å². The number of hydrogen-bond donors (Lipinski definition) is 1. The molecular formula is C15H22N2S. The molecule has 0 radical (unpaired) electrons. The van der Waals surface area contributed by atoms with Crippen LogP contribution in [-0.2, 0) is 6.42 Å². The van der Waals surface area contributed by atoms with Crippen LogP contribution in [0.15, 0.2) is 24.3 Å². The number of nitrogens with zero attached hydrogens (tertiary/aromatic N) is 1. The van der Waals surface area contributed by atoms with Crippen molar-refractivity contribution in [1.82, 2.24) is 4.90 Å². The Labute approximate surface area is 114 Å². The van der Waals surface area contributed by atoms with Crippen LogP contribution in [0, 0.1) is 0 Å². The van der Waals surface area contributed by atoms with E-state index in [1.165, 1.54) is 30.0 Å². The number of fused-ring (bicyclic) bond motifs is 1. The third kappa shape index (κ3) is 2.31. The van der Waals surface area contributed by atoms with Crippen molar-refractivity contribution >= 4 is 11.8 Å². The summed E-state index contributed by atoms with van der Waals surface area (Å²) >= 11 is 2.05. The first-order valence-corrected chi connectivity index (χ1v) is 8.02. The third-order valence-corrected chi connectivity index (χ3v) is 5.50. The van der Waals surface area contributed by atoms with E-state index in [2.05, 4.69) is 48.0 Å². The summed E-state index contributed by atoms with van der Waals surface area (Å²) in [5.74, 6) is 3.16. The van der Waals surface area contributed by atoms with Gasteiger partial charge in [-0.2, -0.15) is 11.8 Å². The fraction of sp³-hybridized carbons (Fsp3) is 0.600. The molecule has 1 fully saturated rings. The third-order valence-electron chi connectivity index (χ3n) is 4.46. The van der Waals surface area contributed by atoms with Gasteiger partial charge in [-0.15, -0.1) is 0 Å². The predicted octanol–water partition coefficient (Wildman–Crippen LogP) is 2.09. The minimum Gasteiger partial charge on any atom is -0.326 e. The highest BCUT2D eigenvalue weighted by atomic mass is 32.2. The van der Waals surface area contributed by atoms with Crippen LogP contribution in [0.1, 0.15) is 23.5 Å². The molecule has 3 atom stereocenters. The molecule has 2 aliphatic rings. The molecule has 0 bridgehead atoms. The Hall–Kier alpha value is -0.510. The van der Waals surface area contributed by atoms with E-state index in [9.17, 15) is 0 Å². The van der Waals surface area contributed by atoms with Crippen molar-refractivity contribution in [3.8, 4) is 0 Å². The molecular weight excluding hydrogens is 240 g/mol. The van der Waals surface area contributed by atoms with E-state index in [0.29, 0.717) is 18.0 Å². The Balaban J connectivity index is 1.61. The van der Waals surface area contributed by atoms with Gasteiger partial charge >= 0.3 is 0 Å². The van der Waals surface area contributed by atoms with Gasteiger partial charge in [-0.1, -0.05) is 24.3 Å². The molecule has 0 saturated carbocycles. The summed E-state index contributed by atoms with van der Waals surface area (Å²) in [6.45, 7) is 1.18. The topological polar surface area (TPSA) is 29.3 Å². The van der Waals surface area contributed by atoms with Crippen LogP contribution in [0.4, 0.5) is 0 Å². The second-order valence-electron chi connectivity index (χ2n) is 5.62. The smallest absolute Gasteiger partial charge is 0.0335 e. The lowest BCUT2D eigenvalue weighted by atomic mass is 9.74. The van der Waals surface area contributed by atoms with Crippen molar-refractivity contribution in [2.75, 3.05) is 25.1 Å². The van der Waals surface area contributed by atoms with E-state index in [4.69, 9.17) is 5.73 Å². The molecule has 1 heterocycles. The molecule has 1 aromatic rings. The van der Waals surface area contributed by atoms with Crippen LogP contribution in [0.2, 0.25) is 0 Å². The van der Waals surface area contributed by atoms with Crippen molar-refractivity contribution in [3.05, 3.63) is 35.4 Å². The zero-order valence-electron chi connectivity index (χ0n) is 11.0. The van der Waals surface area contributed by atoms with Gasteiger partial charge in [0.1, 0.15) is 0 Å². The SMILES string of the molecule is CN1CCSCC1C(N)CC1Cc2ccccc21. The molecule has 1 aromatic carbocycles. The van der Waals surface area contributed by atoms with Crippen LogP contribution in [-0.4, -0.2) is 42.1 Å². The molecule has 3 unspecified atom stereocenters. The van der Waals surface area contributed by atoms with Crippen LogP contribution in [0.25, 0.3) is 0 Å². The molecule has 98 valence electrons. The average Bonchev–Trinajstić information content (AvgIpc) is 2.36. The summed E-state index contributed by atoms with van der Waals surface area (Å²) in [6.07, 6.45) is 2.38. The van der Waals surface area contributed by atoms with Gasteiger partial charge in [-0.25, -0.2) is 0 Å². The summed E-state index contributed by atoms with van der Waals surface area (Å²) in [4.78, 5) is 2.45. The van der Waals surface area contributed by atoms with Gasteiger partial charge in [-0.05, 0) is 36.9 Å². The molecule has 0 amide bonds. The summed E-state index contributed by atoms with van der Waals surface area (Å²) in [5, 5.41) is 0. The first-order chi connectivity index (χ1) is 8.75. The van der Waals surface area contributed by atoms with E-state index in [1.54, 1.807) is 5.56 Å². The fourth-order valence-electron chi connectivity index (χ4n) is 3.21. The average molecular weight is 262 g/mol. The van der Waals surface area contributed by atoms with Crippen molar-refractivity contribution in [3.63, 3.8) is 0 Å². The molecule has 18 heavy (non-hydrogen) atoms. The Morgan fingerprint density at radius 3 is 3.06 bits per heavy atom. The lowest BCUT2D eigenvalue weighted by molar-refractivity contribution is 0.223. The van der Waals surface area contributed by atoms with Gasteiger partial charge in [-0.3, -0.25) is 0 Å². The van der Waals surface area contributed by atoms with Gasteiger partial charge < -0.3 is 10.6 Å². The second kappa shape index (κ2) is 5.24. The molecule has 1 saturated heterocycles. The number of benzene rings is 1. The Morgan fingerprint density at radius 1 is 1.44 bits per heavy atom. The van der Waals surface area contributed by atoms with Crippen LogP contribution >= 0.6 is 11.8 Å². The summed E-state index contributed by atoms with van der Waals surface area (Å²) in [5.41, 5.74) is 9.52. The summed E-state index contributed by atoms with van der Waals surface area (Å²) < 4.78 is 0. The summed E-state index contributed by atoms with van der Waals surface area (Å²) in [6, 6.07) is 9.70. The molecule has 0 aromatic heterocycles. The number of rotatable bonds is 3. The van der Waals surface area contributed by atoms with E-state index in [0.717, 1.165) is 6.42 Å². The molecule has 2 N–H and O–H groups in total. The normalized spacial score (nSPS) is 29.4. The first-order valence-electron chi connectivity index (χ1n) is 6.87. The van der Waals surface area contributed by atoms with Gasteiger partial charge in [0, 0.05) is 30.1 Å². The maximum atomic E-state index is 6.45. The quantitative estimate of drug-likeness (QED) is 0.904. The van der Waals surface area contributed by atoms with Gasteiger partial charge in [0.2, 0.25) is 0 Å². The van der Waals surface area contributed by atoms with Crippen molar-refractivity contribution in [1.29, 1.82) is 0 Å². The number of hydrogen-bond acceptors (Lipinski definition) is 3. The fourth-order valence-corrected chi connectivity index (χ4v) is 4.54. The second-order valence-corrected chi connectivity index (χ2v) is 6.77. The van der Waals surface area contributed by atoms with Gasteiger partial charge in [0.05, 0.1) is 0 Å². The Bertz CT molecular complexity index is 421. The van der Waals surface area contributed by atoms with Crippen molar-refractivity contribution in [2.24, 2.45) is 5.73 Å². The highest BCUT2D eigenvalue weighted by molar-refractivity contribution is 7.99. The predicted molar refractivity (Wildman–Crippen MR) is 79.2 cm³/mol. The van der Waals surface area contributed by atoms with E-state index >= 15 is 0 Å². The maximum Gasteiger partial charge on any atom is 0.0335 e. The number of likely N-dealkylation sites (N-methyl/N-ethyl adjacent to an activating group) is 1. The highest BCUT2D eigenvalue weighted by Gasteiger charge is 2.32. The van der Waals surface area contributed by atoms with Crippen LogP contribution in [0.5, 0.6) is 0 Å². The minimum absolute atomic E-state index is 0.321. The van der Waals surface area contributed by atoms with Gasteiger partial charge in [0.25, 0.3) is 0 Å². The Kier molecular flexibility index (Phi) is 3.64. The maximum absolute atomic E-state index is 6.45. The standard InChI is InChI=1S/C15H22N2S/c1-17-6-7-18-10-15(17)14(16)9-12-8-11-4-2-3-5-13(11)12/h2-5,12,14-15H,6-10,16H2,1H3. The van der Waals surface area contributed by atoms with E-state index < -0.39 is 0 Å². The highest BCUT2D eigenvalue weighted by Crippen LogP contribution is 2.38. The van der Waals surface area contributed by atoms with Crippen molar-refractivity contribution < 1.29 is 0 Å².